The minimum Gasteiger partial charge on any atom is -0.490 e. The van der Waals surface area contributed by atoms with E-state index in [2.05, 4.69) is 31.2 Å². The normalized spacial score (nSPS) is 29.8. The molecule has 1 fully saturated rings. The molecule has 55 heavy (non-hydrogen) atoms. The number of aromatic nitrogens is 2. The van der Waals surface area contributed by atoms with Crippen molar-refractivity contribution in [2.24, 2.45) is 29.2 Å². The van der Waals surface area contributed by atoms with E-state index in [0.717, 1.165) is 37.8 Å². The summed E-state index contributed by atoms with van der Waals surface area (Å²) in [5.41, 5.74) is 3.18. The molecular weight excluding hydrogens is 746 g/mol. The molecule has 2 bridgehead atoms. The number of methoxy groups -OCH3 is 2. The second-order valence-electron chi connectivity index (χ2n) is 15.3. The van der Waals surface area contributed by atoms with Crippen molar-refractivity contribution in [1.82, 2.24) is 14.5 Å². The van der Waals surface area contributed by atoms with Gasteiger partial charge in [0, 0.05) is 55.4 Å². The number of carbonyl (C=O) groups is 2. The van der Waals surface area contributed by atoms with E-state index < -0.39 is 33.8 Å². The summed E-state index contributed by atoms with van der Waals surface area (Å²) in [6.07, 6.45) is 9.31. The number of aryl methyl sites for hydroxylation is 2. The fourth-order valence-electron chi connectivity index (χ4n) is 8.71. The zero-order chi connectivity index (χ0) is 38.9. The van der Waals surface area contributed by atoms with Gasteiger partial charge in [0.1, 0.15) is 21.2 Å². The number of fused-ring (bicyclic) bond motifs is 4. The fraction of sp³-hybridized carbons (Fsp3) is 0.525. The molecule has 1 saturated carbocycles. The molecule has 7 atom stereocenters. The lowest BCUT2D eigenvalue weighted by atomic mass is 9.68. The van der Waals surface area contributed by atoms with Crippen LogP contribution < -0.4 is 19.1 Å². The number of amides is 2. The Balaban J connectivity index is 1.33. The number of nitrogens with one attached hydrogen (secondary N) is 1. The first-order valence-corrected chi connectivity index (χ1v) is 20.9. The van der Waals surface area contributed by atoms with Gasteiger partial charge in [-0.3, -0.25) is 19.0 Å². The Morgan fingerprint density at radius 2 is 1.98 bits per heavy atom. The molecule has 2 aliphatic carbocycles. The van der Waals surface area contributed by atoms with Gasteiger partial charge in [-0.15, -0.1) is 9.46 Å². The van der Waals surface area contributed by atoms with E-state index in [1.165, 1.54) is 29.1 Å². The molecule has 2 aliphatic heterocycles. The van der Waals surface area contributed by atoms with Gasteiger partial charge in [-0.25, -0.2) is 4.21 Å². The molecule has 1 spiro atoms. The van der Waals surface area contributed by atoms with Crippen LogP contribution in [0, 0.1) is 17.8 Å². The zero-order valence-corrected chi connectivity index (χ0v) is 33.3. The Morgan fingerprint density at radius 1 is 1.16 bits per heavy atom. The lowest BCUT2D eigenvalue weighted by molar-refractivity contribution is 0.00913. The minimum absolute atomic E-state index is 0.0306. The molecule has 296 valence electrons. The fourth-order valence-corrected chi connectivity index (χ4v) is 10.8. The first-order valence-electron chi connectivity index (χ1n) is 18.9. The average molecular weight is 796 g/mol. The predicted octanol–water partition coefficient (Wildman–Crippen LogP) is 5.13. The maximum Gasteiger partial charge on any atom is 0.286 e. The van der Waals surface area contributed by atoms with Crippen LogP contribution in [0.2, 0.25) is 5.02 Å². The van der Waals surface area contributed by atoms with Crippen LogP contribution in [0.3, 0.4) is 0 Å². The zero-order valence-electron chi connectivity index (χ0n) is 31.7. The van der Waals surface area contributed by atoms with Gasteiger partial charge in [0.15, 0.2) is 0 Å². The molecule has 0 radical (unpaired) electrons. The van der Waals surface area contributed by atoms with Crippen LogP contribution in [0.5, 0.6) is 11.6 Å². The molecule has 3 heterocycles. The Bertz CT molecular complexity index is 2080. The molecule has 2 aromatic carbocycles. The van der Waals surface area contributed by atoms with E-state index in [9.17, 15) is 18.9 Å². The Labute approximate surface area is 327 Å². The topological polar surface area (TPSA) is 154 Å². The van der Waals surface area contributed by atoms with Crippen molar-refractivity contribution in [2.75, 3.05) is 57.8 Å². The van der Waals surface area contributed by atoms with Crippen molar-refractivity contribution in [3.05, 3.63) is 82.0 Å². The largest absolute Gasteiger partial charge is 0.490 e. The van der Waals surface area contributed by atoms with E-state index in [0.29, 0.717) is 30.5 Å². The first kappa shape index (κ1) is 39.3. The Morgan fingerprint density at radius 3 is 2.73 bits per heavy atom. The Kier molecular flexibility index (Phi) is 11.6. The number of benzene rings is 2. The summed E-state index contributed by atoms with van der Waals surface area (Å²) in [6.45, 7) is 3.45. The highest BCUT2D eigenvalue weighted by molar-refractivity contribution is 7.92. The molecule has 7 rings (SSSR count). The summed E-state index contributed by atoms with van der Waals surface area (Å²) in [5, 5.41) is 14.5. The van der Waals surface area contributed by atoms with E-state index in [-0.39, 0.29) is 59.3 Å². The van der Waals surface area contributed by atoms with Gasteiger partial charge in [-0.1, -0.05) is 36.7 Å². The van der Waals surface area contributed by atoms with Gasteiger partial charge in [0.05, 0.1) is 50.6 Å². The molecule has 1 unspecified atom stereocenters. The number of halogens is 1. The van der Waals surface area contributed by atoms with Crippen molar-refractivity contribution in [1.29, 1.82) is 0 Å². The van der Waals surface area contributed by atoms with Crippen molar-refractivity contribution in [2.45, 2.75) is 56.7 Å². The van der Waals surface area contributed by atoms with Crippen LogP contribution >= 0.6 is 11.6 Å². The molecule has 1 aromatic heterocycles. The highest BCUT2D eigenvalue weighted by Gasteiger charge is 2.44. The van der Waals surface area contributed by atoms with Crippen molar-refractivity contribution in [3.63, 3.8) is 0 Å². The third-order valence-corrected chi connectivity index (χ3v) is 13.7. The summed E-state index contributed by atoms with van der Waals surface area (Å²) in [4.78, 5) is 30.2. The Hall–Kier alpha value is -3.95. The number of hydrogen-bond donors (Lipinski definition) is 2. The highest BCUT2D eigenvalue weighted by atomic mass is 35.5. The summed E-state index contributed by atoms with van der Waals surface area (Å²) < 4.78 is 47.2. The third kappa shape index (κ3) is 8.15. The summed E-state index contributed by atoms with van der Waals surface area (Å²) >= 11 is 6.47. The summed E-state index contributed by atoms with van der Waals surface area (Å²) in [7, 11) is 0.921. The lowest BCUT2D eigenvalue weighted by Gasteiger charge is -2.46. The smallest absolute Gasteiger partial charge is 0.286 e. The van der Waals surface area contributed by atoms with Gasteiger partial charge in [0.25, 0.3) is 11.8 Å². The molecule has 2 N–H and O–H groups in total. The molecule has 15 heteroatoms. The standard InChI is InChI=1S/C40H50ClN5O8S/c1-25-22-55(50,44-38(49)31-21-45(2)42-39(31)52-4)43-37(48)27-8-12-36-33(19-27)46(20-28-7-10-30(28)35(51-3)14-13-34(25)53-17-16-47)23-40(24-54-36)15-5-6-26-18-29(41)9-11-32(26)40/h8-9,11-14,18-19,21,25,28,30,34-35,47H,5-7,10,15-17,20,22-24H2,1-4H3,(H,43,44,48,49,50)/b14-13+/t25-,28+,30-,34+,35+,40+,55?/m1/s1. The number of aliphatic hydroxyl groups is 1. The number of rotatable bonds is 7. The average Bonchev–Trinajstić information content (AvgIpc) is 3.47. The number of hydrogen-bond acceptors (Lipinski definition) is 10. The quantitative estimate of drug-likeness (QED) is 0.308. The van der Waals surface area contributed by atoms with E-state index in [1.807, 2.05) is 25.1 Å². The number of aliphatic hydroxyl groups excluding tert-OH is 1. The van der Waals surface area contributed by atoms with Gasteiger partial charge >= 0.3 is 0 Å². The molecule has 3 aromatic rings. The van der Waals surface area contributed by atoms with Crippen LogP contribution in [-0.4, -0.2) is 96.0 Å². The monoisotopic (exact) mass is 795 g/mol. The lowest BCUT2D eigenvalue weighted by Crippen LogP contribution is -2.49. The van der Waals surface area contributed by atoms with Crippen molar-refractivity contribution in [3.8, 4) is 11.6 Å². The third-order valence-electron chi connectivity index (χ3n) is 11.6. The highest BCUT2D eigenvalue weighted by Crippen LogP contribution is 2.47. The van der Waals surface area contributed by atoms with Gasteiger partial charge in [0.2, 0.25) is 5.88 Å². The van der Waals surface area contributed by atoms with Crippen LogP contribution in [0.25, 0.3) is 0 Å². The van der Waals surface area contributed by atoms with E-state index >= 15 is 0 Å². The molecule has 13 nitrogen and oxygen atoms in total. The molecular formula is C40H50ClN5O8S. The van der Waals surface area contributed by atoms with Gasteiger partial charge < -0.3 is 29.0 Å². The maximum absolute atomic E-state index is 14.9. The molecule has 2 amide bonds. The number of anilines is 1. The second kappa shape index (κ2) is 16.3. The number of carbonyl (C=O) groups excluding carboxylic acids is 2. The summed E-state index contributed by atoms with van der Waals surface area (Å²) in [5.74, 6) is -1.06. The van der Waals surface area contributed by atoms with Gasteiger partial charge in [-0.05, 0) is 85.4 Å². The van der Waals surface area contributed by atoms with Gasteiger partial charge in [-0.2, -0.15) is 0 Å². The molecule has 4 aliphatic rings. The van der Waals surface area contributed by atoms with Crippen molar-refractivity contribution < 1.29 is 37.9 Å². The predicted molar refractivity (Wildman–Crippen MR) is 209 cm³/mol. The summed E-state index contributed by atoms with van der Waals surface area (Å²) in [6, 6.07) is 11.4. The second-order valence-corrected chi connectivity index (χ2v) is 17.7. The maximum atomic E-state index is 14.9. The van der Waals surface area contributed by atoms with E-state index in [1.54, 1.807) is 32.4 Å². The number of nitrogens with zero attached hydrogens (tertiary/aromatic N) is 4. The van der Waals surface area contributed by atoms with Crippen LogP contribution in [0.1, 0.15) is 64.4 Å². The first-order chi connectivity index (χ1) is 26.4. The van der Waals surface area contributed by atoms with Crippen LogP contribution in [0.15, 0.2) is 59.1 Å². The molecule has 0 saturated heterocycles. The number of ether oxygens (including phenoxy) is 4. The van der Waals surface area contributed by atoms with E-state index in [4.69, 9.17) is 30.5 Å². The van der Waals surface area contributed by atoms with Crippen LogP contribution in [0.4, 0.5) is 5.69 Å². The van der Waals surface area contributed by atoms with Crippen molar-refractivity contribution >= 4 is 39.0 Å². The SMILES string of the molecule is COc1nn(C)cc1C(=O)NS1(=O)=NC(=O)c2ccc3c(c2)N(C[C@@H]2CC[C@H]2[C@@H](OC)/C=C/[C@H](OCCO)[C@H](C)C1)C[C@@]1(CCCc2cc(Cl)ccc21)CO3. The minimum atomic E-state index is -3.79. The van der Waals surface area contributed by atoms with Crippen LogP contribution in [-0.2, 0) is 38.3 Å².